The Morgan fingerprint density at radius 2 is 2.22 bits per heavy atom. The molecular formula is C15H13FN6O3S2. The molecule has 0 spiro atoms. The summed E-state index contributed by atoms with van der Waals surface area (Å²) >= 11 is 2.11. The second-order valence-electron chi connectivity index (χ2n) is 5.12. The summed E-state index contributed by atoms with van der Waals surface area (Å²) in [4.78, 5) is 28.2. The van der Waals surface area contributed by atoms with Crippen molar-refractivity contribution in [3.63, 3.8) is 0 Å². The van der Waals surface area contributed by atoms with Crippen LogP contribution in [0.4, 0.5) is 9.52 Å². The van der Waals surface area contributed by atoms with Crippen molar-refractivity contribution in [2.75, 3.05) is 18.2 Å². The van der Waals surface area contributed by atoms with Crippen molar-refractivity contribution in [2.24, 2.45) is 0 Å². The maximum absolute atomic E-state index is 13.4. The van der Waals surface area contributed by atoms with E-state index in [9.17, 15) is 14.0 Å². The molecule has 0 fully saturated rings. The van der Waals surface area contributed by atoms with E-state index < -0.39 is 11.8 Å². The van der Waals surface area contributed by atoms with Gasteiger partial charge in [-0.25, -0.2) is 14.2 Å². The lowest BCUT2D eigenvalue weighted by Gasteiger charge is -2.04. The molecule has 3 rings (SSSR count). The number of anilines is 1. The maximum Gasteiger partial charge on any atom is 0.350 e. The minimum Gasteiger partial charge on any atom is -0.465 e. The van der Waals surface area contributed by atoms with Crippen LogP contribution in [0.2, 0.25) is 0 Å². The average molecular weight is 408 g/mol. The Morgan fingerprint density at radius 3 is 2.96 bits per heavy atom. The van der Waals surface area contributed by atoms with Crippen LogP contribution in [-0.4, -0.2) is 49.9 Å². The molecule has 0 unspecified atom stereocenters. The summed E-state index contributed by atoms with van der Waals surface area (Å²) in [7, 11) is 1.28. The quantitative estimate of drug-likeness (QED) is 0.487. The number of rotatable bonds is 6. The van der Waals surface area contributed by atoms with Gasteiger partial charge in [0.15, 0.2) is 5.13 Å². The van der Waals surface area contributed by atoms with E-state index in [2.05, 4.69) is 30.6 Å². The maximum atomic E-state index is 13.4. The van der Waals surface area contributed by atoms with E-state index in [1.54, 1.807) is 13.0 Å². The molecule has 1 N–H and O–H groups in total. The number of hydrogen-bond donors (Lipinski definition) is 1. The largest absolute Gasteiger partial charge is 0.465 e. The lowest BCUT2D eigenvalue weighted by Crippen LogP contribution is -2.14. The zero-order valence-corrected chi connectivity index (χ0v) is 15.8. The van der Waals surface area contributed by atoms with Crippen molar-refractivity contribution in [3.8, 4) is 5.69 Å². The number of tetrazole rings is 1. The number of nitrogens with zero attached hydrogens (tertiary/aromatic N) is 5. The van der Waals surface area contributed by atoms with E-state index in [4.69, 9.17) is 0 Å². The normalized spacial score (nSPS) is 10.6. The molecule has 27 heavy (non-hydrogen) atoms. The van der Waals surface area contributed by atoms with Gasteiger partial charge in [0.25, 0.3) is 0 Å². The monoisotopic (exact) mass is 408 g/mol. The van der Waals surface area contributed by atoms with Crippen LogP contribution >= 0.6 is 23.1 Å². The molecule has 9 nitrogen and oxygen atoms in total. The number of carbonyl (C=O) groups excluding carboxylic acids is 2. The van der Waals surface area contributed by atoms with Gasteiger partial charge in [-0.1, -0.05) is 29.2 Å². The number of aryl methyl sites for hydroxylation is 1. The second kappa shape index (κ2) is 8.22. The second-order valence-corrected chi connectivity index (χ2v) is 7.06. The first-order valence-electron chi connectivity index (χ1n) is 7.50. The number of hydrogen-bond acceptors (Lipinski definition) is 9. The van der Waals surface area contributed by atoms with Gasteiger partial charge >= 0.3 is 5.97 Å². The molecule has 140 valence electrons. The van der Waals surface area contributed by atoms with Crippen LogP contribution in [0.5, 0.6) is 0 Å². The zero-order chi connectivity index (χ0) is 19.4. The lowest BCUT2D eigenvalue weighted by molar-refractivity contribution is -0.113. The molecule has 0 atom stereocenters. The van der Waals surface area contributed by atoms with E-state index in [0.717, 1.165) is 23.1 Å². The Balaban J connectivity index is 1.64. The molecule has 2 aromatic heterocycles. The highest BCUT2D eigenvalue weighted by Crippen LogP contribution is 2.24. The Hall–Kier alpha value is -2.86. The van der Waals surface area contributed by atoms with Crippen molar-refractivity contribution in [2.45, 2.75) is 12.1 Å². The van der Waals surface area contributed by atoms with Gasteiger partial charge in [-0.3, -0.25) is 4.79 Å². The molecule has 0 aliphatic rings. The molecule has 1 amide bonds. The van der Waals surface area contributed by atoms with Crippen molar-refractivity contribution in [1.82, 2.24) is 25.2 Å². The smallest absolute Gasteiger partial charge is 0.350 e. The van der Waals surface area contributed by atoms with Gasteiger partial charge in [0.1, 0.15) is 10.7 Å². The summed E-state index contributed by atoms with van der Waals surface area (Å²) in [5.41, 5.74) is 0.922. The van der Waals surface area contributed by atoms with Crippen LogP contribution in [0.25, 0.3) is 5.69 Å². The van der Waals surface area contributed by atoms with Crippen LogP contribution in [-0.2, 0) is 9.53 Å². The molecule has 1 aromatic carbocycles. The summed E-state index contributed by atoms with van der Waals surface area (Å²) in [6, 6.07) is 5.79. The highest BCUT2D eigenvalue weighted by molar-refractivity contribution is 7.99. The van der Waals surface area contributed by atoms with Gasteiger partial charge < -0.3 is 10.1 Å². The number of aromatic nitrogens is 5. The van der Waals surface area contributed by atoms with Crippen molar-refractivity contribution >= 4 is 40.1 Å². The van der Waals surface area contributed by atoms with Crippen LogP contribution < -0.4 is 5.32 Å². The molecule has 0 aliphatic carbocycles. The molecule has 0 bridgehead atoms. The van der Waals surface area contributed by atoms with Gasteiger partial charge in [-0.15, -0.1) is 5.10 Å². The van der Waals surface area contributed by atoms with E-state index in [1.807, 2.05) is 0 Å². The van der Waals surface area contributed by atoms with Crippen LogP contribution in [0.3, 0.4) is 0 Å². The fourth-order valence-electron chi connectivity index (χ4n) is 2.06. The molecular weight excluding hydrogens is 395 g/mol. The Kier molecular flexibility index (Phi) is 5.76. The molecule has 0 saturated heterocycles. The third-order valence-electron chi connectivity index (χ3n) is 3.24. The number of amides is 1. The number of thiazole rings is 1. The summed E-state index contributed by atoms with van der Waals surface area (Å²) in [5.74, 6) is -1.27. The van der Waals surface area contributed by atoms with Crippen molar-refractivity contribution in [1.29, 1.82) is 0 Å². The standard InChI is InChI=1S/C15H13FN6O3S2/c1-8-12(13(24)25-2)27-14(17-8)18-11(23)7-26-15-19-20-21-22(15)10-5-3-4-9(16)6-10/h3-6H,7H2,1-2H3,(H,17,18,23). The number of esters is 1. The predicted molar refractivity (Wildman–Crippen MR) is 96.7 cm³/mol. The number of ether oxygens (including phenoxy) is 1. The van der Waals surface area contributed by atoms with E-state index in [0.29, 0.717) is 26.5 Å². The summed E-state index contributed by atoms with van der Waals surface area (Å²) < 4.78 is 19.4. The topological polar surface area (TPSA) is 112 Å². The third-order valence-corrected chi connectivity index (χ3v) is 5.21. The highest BCUT2D eigenvalue weighted by Gasteiger charge is 2.18. The molecule has 12 heteroatoms. The number of carbonyl (C=O) groups is 2. The Labute approximate surface area is 160 Å². The highest BCUT2D eigenvalue weighted by atomic mass is 32.2. The molecule has 0 radical (unpaired) electrons. The Morgan fingerprint density at radius 1 is 1.41 bits per heavy atom. The van der Waals surface area contributed by atoms with Crippen LogP contribution in [0, 0.1) is 12.7 Å². The van der Waals surface area contributed by atoms with E-state index >= 15 is 0 Å². The molecule has 2 heterocycles. The van der Waals surface area contributed by atoms with Crippen LogP contribution in [0.1, 0.15) is 15.4 Å². The number of nitrogens with one attached hydrogen (secondary N) is 1. The van der Waals surface area contributed by atoms with E-state index in [1.165, 1.54) is 30.0 Å². The Bertz CT molecular complexity index is 990. The molecule has 0 aliphatic heterocycles. The van der Waals surface area contributed by atoms with Crippen molar-refractivity contribution < 1.29 is 18.7 Å². The van der Waals surface area contributed by atoms with Gasteiger partial charge in [0.05, 0.1) is 24.2 Å². The fourth-order valence-corrected chi connectivity index (χ4v) is 3.65. The molecule has 0 saturated carbocycles. The van der Waals surface area contributed by atoms with E-state index in [-0.39, 0.29) is 11.7 Å². The number of thioether (sulfide) groups is 1. The van der Waals surface area contributed by atoms with Gasteiger partial charge in [0, 0.05) is 0 Å². The number of benzene rings is 1. The zero-order valence-electron chi connectivity index (χ0n) is 14.2. The van der Waals surface area contributed by atoms with Crippen molar-refractivity contribution in [3.05, 3.63) is 40.7 Å². The first-order valence-corrected chi connectivity index (χ1v) is 9.31. The number of methoxy groups -OCH3 is 1. The lowest BCUT2D eigenvalue weighted by atomic mass is 10.3. The van der Waals surface area contributed by atoms with Gasteiger partial charge in [0.2, 0.25) is 11.1 Å². The summed E-state index contributed by atoms with van der Waals surface area (Å²) in [6.07, 6.45) is 0. The first kappa shape index (κ1) is 18.9. The fraction of sp³-hybridized carbons (Fsp3) is 0.200. The summed E-state index contributed by atoms with van der Waals surface area (Å²) in [5, 5.41) is 14.5. The summed E-state index contributed by atoms with van der Waals surface area (Å²) in [6.45, 7) is 1.65. The SMILES string of the molecule is COC(=O)c1sc(NC(=O)CSc2nnnn2-c2cccc(F)c2)nc1C. The first-order chi connectivity index (χ1) is 13.0. The van der Waals surface area contributed by atoms with Gasteiger partial charge in [-0.05, 0) is 35.5 Å². The average Bonchev–Trinajstić information content (AvgIpc) is 3.25. The predicted octanol–water partition coefficient (Wildman–Crippen LogP) is 2.08. The third kappa shape index (κ3) is 4.46. The minimum atomic E-state index is -0.505. The number of halogens is 1. The minimum absolute atomic E-state index is 0.00186. The van der Waals surface area contributed by atoms with Crippen LogP contribution in [0.15, 0.2) is 29.4 Å². The van der Waals surface area contributed by atoms with Gasteiger partial charge in [-0.2, -0.15) is 4.68 Å². The molecule has 3 aromatic rings.